The first-order chi connectivity index (χ1) is 16.8. The largest absolute Gasteiger partial charge is 0.378 e. The second kappa shape index (κ2) is 12.1. The standard InChI is InChI=1S/C25H23N5O3S2/c1-19-20(18-26-25(27-19)34-4)8-6-5-7-17-33-35(31,32)24-15-11-22(12-16-24)29-28-21-9-13-23(14-10-21)30(2)3/h9-16,18H,17H2,1-4H3. The van der Waals surface area contributed by atoms with Gasteiger partial charge in [0.1, 0.15) is 6.61 Å². The van der Waals surface area contributed by atoms with E-state index in [-0.39, 0.29) is 11.5 Å². The van der Waals surface area contributed by atoms with E-state index in [9.17, 15) is 8.42 Å². The summed E-state index contributed by atoms with van der Waals surface area (Å²) in [5, 5.41) is 8.98. The molecule has 0 unspecified atom stereocenters. The summed E-state index contributed by atoms with van der Waals surface area (Å²) in [5.41, 5.74) is 3.68. The fraction of sp³-hybridized carbons (Fsp3) is 0.200. The number of hydrogen-bond acceptors (Lipinski definition) is 9. The SMILES string of the molecule is CSc1ncc(C#CC#CCOS(=O)(=O)c2ccc(N=Nc3ccc(N(C)C)cc3)cc2)c(C)n1. The first kappa shape index (κ1) is 25.9. The molecule has 0 saturated heterocycles. The molecule has 8 nitrogen and oxygen atoms in total. The van der Waals surface area contributed by atoms with Crippen LogP contribution in [0, 0.1) is 30.6 Å². The molecule has 0 radical (unpaired) electrons. The van der Waals surface area contributed by atoms with Crippen molar-refractivity contribution in [2.45, 2.75) is 17.0 Å². The number of aromatic nitrogens is 2. The maximum Gasteiger partial charge on any atom is 0.297 e. The van der Waals surface area contributed by atoms with Crippen molar-refractivity contribution >= 4 is 38.9 Å². The number of azo groups is 1. The van der Waals surface area contributed by atoms with Gasteiger partial charge in [-0.2, -0.15) is 18.6 Å². The molecule has 2 aromatic carbocycles. The highest BCUT2D eigenvalue weighted by Crippen LogP contribution is 2.23. The highest BCUT2D eigenvalue weighted by atomic mass is 32.2. The molecule has 3 rings (SSSR count). The van der Waals surface area contributed by atoms with Gasteiger partial charge >= 0.3 is 0 Å². The summed E-state index contributed by atoms with van der Waals surface area (Å²) in [6, 6.07) is 13.5. The van der Waals surface area contributed by atoms with Crippen LogP contribution in [0.15, 0.2) is 75.0 Å². The van der Waals surface area contributed by atoms with Gasteiger partial charge in [-0.1, -0.05) is 17.7 Å². The number of nitrogens with zero attached hydrogens (tertiary/aromatic N) is 5. The normalized spacial score (nSPS) is 10.9. The molecular formula is C25H23N5O3S2. The molecule has 0 amide bonds. The van der Waals surface area contributed by atoms with Crippen molar-refractivity contribution in [1.29, 1.82) is 0 Å². The lowest BCUT2D eigenvalue weighted by Gasteiger charge is -2.11. The quantitative estimate of drug-likeness (QED) is 0.150. The van der Waals surface area contributed by atoms with E-state index in [0.29, 0.717) is 22.1 Å². The van der Waals surface area contributed by atoms with Crippen LogP contribution in [-0.4, -0.2) is 45.3 Å². The predicted octanol–water partition coefficient (Wildman–Crippen LogP) is 4.75. The lowest BCUT2D eigenvalue weighted by Crippen LogP contribution is -2.07. The van der Waals surface area contributed by atoms with E-state index < -0.39 is 10.1 Å². The van der Waals surface area contributed by atoms with Crippen molar-refractivity contribution in [3.05, 3.63) is 66.0 Å². The predicted molar refractivity (Wildman–Crippen MR) is 138 cm³/mol. The first-order valence-corrected chi connectivity index (χ1v) is 13.0. The Bertz CT molecular complexity index is 1430. The van der Waals surface area contributed by atoms with Crippen LogP contribution in [-0.2, 0) is 14.3 Å². The van der Waals surface area contributed by atoms with Crippen LogP contribution in [0.3, 0.4) is 0 Å². The number of aryl methyl sites for hydroxylation is 1. The Kier molecular flexibility index (Phi) is 8.98. The van der Waals surface area contributed by atoms with Crippen molar-refractivity contribution in [2.24, 2.45) is 10.2 Å². The third kappa shape index (κ3) is 7.66. The van der Waals surface area contributed by atoms with Crippen LogP contribution >= 0.6 is 11.8 Å². The second-order valence-corrected chi connectivity index (χ2v) is 9.62. The summed E-state index contributed by atoms with van der Waals surface area (Å²) in [5.74, 6) is 10.6. The molecular weight excluding hydrogens is 482 g/mol. The van der Waals surface area contributed by atoms with Crippen LogP contribution in [0.5, 0.6) is 0 Å². The Labute approximate surface area is 210 Å². The minimum Gasteiger partial charge on any atom is -0.378 e. The maximum atomic E-state index is 12.4. The molecule has 0 N–H and O–H groups in total. The number of thioether (sulfide) groups is 1. The smallest absolute Gasteiger partial charge is 0.297 e. The summed E-state index contributed by atoms with van der Waals surface area (Å²) in [4.78, 5) is 10.5. The van der Waals surface area contributed by atoms with Crippen molar-refractivity contribution in [1.82, 2.24) is 9.97 Å². The van der Waals surface area contributed by atoms with Gasteiger partial charge < -0.3 is 4.90 Å². The number of hydrogen-bond donors (Lipinski definition) is 0. The van der Waals surface area contributed by atoms with Crippen LogP contribution in [0.4, 0.5) is 17.1 Å². The van der Waals surface area contributed by atoms with Crippen LogP contribution in [0.1, 0.15) is 11.3 Å². The van der Waals surface area contributed by atoms with Gasteiger partial charge in [-0.3, -0.25) is 4.18 Å². The second-order valence-electron chi connectivity index (χ2n) is 7.23. The third-order valence-electron chi connectivity index (χ3n) is 4.55. The monoisotopic (exact) mass is 505 g/mol. The fourth-order valence-electron chi connectivity index (χ4n) is 2.63. The van der Waals surface area contributed by atoms with Gasteiger partial charge in [0.15, 0.2) is 5.16 Å². The van der Waals surface area contributed by atoms with Crippen LogP contribution in [0.2, 0.25) is 0 Å². The van der Waals surface area contributed by atoms with Crippen molar-refractivity contribution in [2.75, 3.05) is 31.9 Å². The zero-order chi connectivity index (χ0) is 25.3. The molecule has 178 valence electrons. The van der Waals surface area contributed by atoms with Gasteiger partial charge in [0.05, 0.1) is 27.5 Å². The molecule has 1 heterocycles. The van der Waals surface area contributed by atoms with Crippen LogP contribution in [0.25, 0.3) is 0 Å². The Hall–Kier alpha value is -3.70. The van der Waals surface area contributed by atoms with E-state index in [1.165, 1.54) is 23.9 Å². The summed E-state index contributed by atoms with van der Waals surface area (Å²) in [7, 11) is -0.0439. The molecule has 0 aliphatic heterocycles. The molecule has 0 saturated carbocycles. The molecule has 0 bridgehead atoms. The molecule has 0 aliphatic carbocycles. The van der Waals surface area contributed by atoms with Crippen molar-refractivity contribution < 1.29 is 12.6 Å². The van der Waals surface area contributed by atoms with E-state index in [1.54, 1.807) is 18.3 Å². The Morgan fingerprint density at radius 3 is 2.20 bits per heavy atom. The number of rotatable bonds is 7. The minimum atomic E-state index is -3.96. The Morgan fingerprint density at radius 2 is 1.63 bits per heavy atom. The summed E-state index contributed by atoms with van der Waals surface area (Å²) in [6.07, 6.45) is 3.53. The molecule has 0 spiro atoms. The lowest BCUT2D eigenvalue weighted by molar-refractivity contribution is 0.363. The van der Waals surface area contributed by atoms with E-state index in [1.807, 2.05) is 56.4 Å². The average molecular weight is 506 g/mol. The van der Waals surface area contributed by atoms with Gasteiger partial charge in [0.2, 0.25) is 0 Å². The number of benzene rings is 2. The van der Waals surface area contributed by atoms with Crippen LogP contribution < -0.4 is 4.90 Å². The highest BCUT2D eigenvalue weighted by molar-refractivity contribution is 7.98. The number of anilines is 1. The molecule has 0 aliphatic rings. The molecule has 35 heavy (non-hydrogen) atoms. The van der Waals surface area contributed by atoms with E-state index in [0.717, 1.165) is 11.4 Å². The fourth-order valence-corrected chi connectivity index (χ4v) is 3.84. The molecule has 0 atom stereocenters. The maximum absolute atomic E-state index is 12.4. The Morgan fingerprint density at radius 1 is 1.00 bits per heavy atom. The highest BCUT2D eigenvalue weighted by Gasteiger charge is 2.14. The molecule has 1 aromatic heterocycles. The summed E-state index contributed by atoms with van der Waals surface area (Å²) < 4.78 is 29.7. The summed E-state index contributed by atoms with van der Waals surface area (Å²) in [6.45, 7) is 1.52. The topological polar surface area (TPSA) is 97.1 Å². The van der Waals surface area contributed by atoms with Crippen molar-refractivity contribution in [3.8, 4) is 23.7 Å². The van der Waals surface area contributed by atoms with E-state index in [2.05, 4.69) is 43.9 Å². The summed E-state index contributed by atoms with van der Waals surface area (Å²) >= 11 is 1.45. The van der Waals surface area contributed by atoms with E-state index in [4.69, 9.17) is 4.18 Å². The molecule has 3 aromatic rings. The van der Waals surface area contributed by atoms with E-state index >= 15 is 0 Å². The third-order valence-corrected chi connectivity index (χ3v) is 6.39. The zero-order valence-corrected chi connectivity index (χ0v) is 21.3. The zero-order valence-electron chi connectivity index (χ0n) is 19.7. The van der Waals surface area contributed by atoms with Gasteiger partial charge in [-0.05, 0) is 79.5 Å². The molecule has 10 heteroatoms. The van der Waals surface area contributed by atoms with Gasteiger partial charge in [0, 0.05) is 26.0 Å². The lowest BCUT2D eigenvalue weighted by atomic mass is 10.2. The Balaban J connectivity index is 1.56. The minimum absolute atomic E-state index is 0.00123. The van der Waals surface area contributed by atoms with Gasteiger partial charge in [-0.15, -0.1) is 0 Å². The van der Waals surface area contributed by atoms with Gasteiger partial charge in [0.25, 0.3) is 10.1 Å². The average Bonchev–Trinajstić information content (AvgIpc) is 2.86. The van der Waals surface area contributed by atoms with Gasteiger partial charge in [-0.25, -0.2) is 9.97 Å². The molecule has 0 fully saturated rings. The van der Waals surface area contributed by atoms with Crippen molar-refractivity contribution in [3.63, 3.8) is 0 Å². The first-order valence-electron chi connectivity index (χ1n) is 10.3.